The summed E-state index contributed by atoms with van der Waals surface area (Å²) < 4.78 is 0. The highest BCUT2D eigenvalue weighted by Crippen LogP contribution is 2.23. The van der Waals surface area contributed by atoms with Gasteiger partial charge >= 0.3 is 5.97 Å². The van der Waals surface area contributed by atoms with Crippen molar-refractivity contribution in [2.75, 3.05) is 23.7 Å². The maximum atomic E-state index is 11.0. The van der Waals surface area contributed by atoms with E-state index in [1.165, 1.54) is 23.1 Å². The Labute approximate surface area is 98.1 Å². The lowest BCUT2D eigenvalue weighted by molar-refractivity contribution is 0.0697. The van der Waals surface area contributed by atoms with Crippen molar-refractivity contribution in [2.45, 2.75) is 0 Å². The molecule has 6 nitrogen and oxygen atoms in total. The maximum Gasteiger partial charge on any atom is 0.337 e. The van der Waals surface area contributed by atoms with Crippen LogP contribution in [0.25, 0.3) is 0 Å². The minimum absolute atomic E-state index is 0.0182. The second-order valence-electron chi connectivity index (χ2n) is 3.25. The van der Waals surface area contributed by atoms with Gasteiger partial charge in [0.25, 0.3) is 0 Å². The molecule has 0 saturated heterocycles. The summed E-state index contributed by atoms with van der Waals surface area (Å²) in [5.74, 6) is -1.12. The second kappa shape index (κ2) is 5.38. The summed E-state index contributed by atoms with van der Waals surface area (Å²) in [4.78, 5) is 12.4. The molecule has 0 spiro atoms. The zero-order valence-electron chi connectivity index (χ0n) is 8.92. The van der Waals surface area contributed by atoms with Gasteiger partial charge in [0.2, 0.25) is 0 Å². The molecule has 86 valence electrons. The molecule has 17 heavy (non-hydrogen) atoms. The lowest BCUT2D eigenvalue weighted by atomic mass is 10.1. The van der Waals surface area contributed by atoms with E-state index in [0.29, 0.717) is 5.69 Å². The number of hydrogen-bond acceptors (Lipinski definition) is 5. The number of carboxylic acid groups (broad SMARTS) is 1. The molecule has 1 rings (SSSR count). The van der Waals surface area contributed by atoms with E-state index < -0.39 is 5.97 Å². The standard InChI is InChI=1S/C11H10N4O2/c12-3-5-15(6-4-13)10-7-8(14)1-2-9(10)11(16)17/h1-2,7H,5-6,14H2,(H,16,17). The van der Waals surface area contributed by atoms with Crippen LogP contribution in [0, 0.1) is 22.7 Å². The zero-order valence-corrected chi connectivity index (χ0v) is 8.92. The van der Waals surface area contributed by atoms with E-state index in [4.69, 9.17) is 21.4 Å². The van der Waals surface area contributed by atoms with Crippen molar-refractivity contribution in [3.63, 3.8) is 0 Å². The first-order valence-electron chi connectivity index (χ1n) is 4.71. The van der Waals surface area contributed by atoms with E-state index in [-0.39, 0.29) is 24.3 Å². The van der Waals surface area contributed by atoms with Gasteiger partial charge in [-0.1, -0.05) is 0 Å². The molecule has 0 amide bonds. The number of nitrogens with two attached hydrogens (primary N) is 1. The van der Waals surface area contributed by atoms with Gasteiger partial charge in [-0.25, -0.2) is 4.79 Å². The SMILES string of the molecule is N#CCN(CC#N)c1cc(N)ccc1C(=O)O. The topological polar surface area (TPSA) is 114 Å². The van der Waals surface area contributed by atoms with Crippen molar-refractivity contribution < 1.29 is 9.90 Å². The number of benzene rings is 1. The fraction of sp³-hybridized carbons (Fsp3) is 0.182. The molecule has 1 aromatic carbocycles. The van der Waals surface area contributed by atoms with Gasteiger partial charge in [0.15, 0.2) is 0 Å². The van der Waals surface area contributed by atoms with Crippen LogP contribution in [0.15, 0.2) is 18.2 Å². The predicted octanol–water partition coefficient (Wildman–Crippen LogP) is 0.821. The van der Waals surface area contributed by atoms with Crippen molar-refractivity contribution in [1.29, 1.82) is 10.5 Å². The van der Waals surface area contributed by atoms with Crippen molar-refractivity contribution in [3.8, 4) is 12.1 Å². The van der Waals surface area contributed by atoms with Gasteiger partial charge < -0.3 is 15.7 Å². The molecule has 0 aliphatic heterocycles. The lowest BCUT2D eigenvalue weighted by Crippen LogP contribution is -2.26. The Balaban J connectivity index is 3.25. The molecule has 1 aromatic rings. The average molecular weight is 230 g/mol. The molecule has 0 saturated carbocycles. The molecule has 0 aromatic heterocycles. The van der Waals surface area contributed by atoms with Gasteiger partial charge in [0.05, 0.1) is 23.4 Å². The number of nitrogens with zero attached hydrogens (tertiary/aromatic N) is 3. The molecular formula is C11H10N4O2. The van der Waals surface area contributed by atoms with Crippen LogP contribution in [-0.4, -0.2) is 24.2 Å². The van der Waals surface area contributed by atoms with Crippen molar-refractivity contribution in [2.24, 2.45) is 0 Å². The number of nitriles is 2. The normalized spacial score (nSPS) is 9.06. The third kappa shape index (κ3) is 2.86. The Hall–Kier alpha value is -2.73. The Kier molecular flexibility index (Phi) is 3.91. The summed E-state index contributed by atoms with van der Waals surface area (Å²) in [7, 11) is 0. The van der Waals surface area contributed by atoms with Crippen molar-refractivity contribution in [3.05, 3.63) is 23.8 Å². The highest BCUT2D eigenvalue weighted by atomic mass is 16.4. The van der Waals surface area contributed by atoms with Crippen molar-refractivity contribution in [1.82, 2.24) is 0 Å². The summed E-state index contributed by atoms with van der Waals surface area (Å²) in [5, 5.41) is 26.3. The molecule has 0 aliphatic rings. The Morgan fingerprint density at radius 3 is 2.41 bits per heavy atom. The van der Waals surface area contributed by atoms with Crippen LogP contribution in [-0.2, 0) is 0 Å². The molecular weight excluding hydrogens is 220 g/mol. The van der Waals surface area contributed by atoms with Gasteiger partial charge in [-0.3, -0.25) is 0 Å². The molecule has 3 N–H and O–H groups in total. The van der Waals surface area contributed by atoms with Crippen LogP contribution in [0.1, 0.15) is 10.4 Å². The number of carboxylic acids is 1. The molecule has 0 heterocycles. The minimum atomic E-state index is -1.12. The van der Waals surface area contributed by atoms with Gasteiger partial charge in [0.1, 0.15) is 13.1 Å². The predicted molar refractivity (Wildman–Crippen MR) is 61.3 cm³/mol. The van der Waals surface area contributed by atoms with Crippen LogP contribution >= 0.6 is 0 Å². The smallest absolute Gasteiger partial charge is 0.337 e. The summed E-state index contributed by atoms with van der Waals surface area (Å²) in [5.41, 5.74) is 6.25. The number of aromatic carboxylic acids is 1. The second-order valence-corrected chi connectivity index (χ2v) is 3.25. The zero-order chi connectivity index (χ0) is 12.8. The first kappa shape index (κ1) is 12.3. The van der Waals surface area contributed by atoms with Gasteiger partial charge in [-0.15, -0.1) is 0 Å². The summed E-state index contributed by atoms with van der Waals surface area (Å²) >= 11 is 0. The van der Waals surface area contributed by atoms with E-state index in [0.717, 1.165) is 0 Å². The van der Waals surface area contributed by atoms with Crippen LogP contribution in [0.2, 0.25) is 0 Å². The van der Waals surface area contributed by atoms with Crippen LogP contribution < -0.4 is 10.6 Å². The number of carbonyl (C=O) groups is 1. The van der Waals surface area contributed by atoms with Gasteiger partial charge in [-0.2, -0.15) is 10.5 Å². The first-order chi connectivity index (χ1) is 8.10. The van der Waals surface area contributed by atoms with Crippen molar-refractivity contribution >= 4 is 17.3 Å². The largest absolute Gasteiger partial charge is 0.478 e. The van der Waals surface area contributed by atoms with Crippen LogP contribution in [0.4, 0.5) is 11.4 Å². The molecule has 0 bridgehead atoms. The highest BCUT2D eigenvalue weighted by molar-refractivity contribution is 5.95. The fourth-order valence-electron chi connectivity index (χ4n) is 1.39. The molecule has 0 radical (unpaired) electrons. The average Bonchev–Trinajstić information content (AvgIpc) is 2.28. The minimum Gasteiger partial charge on any atom is -0.478 e. The third-order valence-corrected chi connectivity index (χ3v) is 2.12. The van der Waals surface area contributed by atoms with E-state index in [9.17, 15) is 4.79 Å². The quantitative estimate of drug-likeness (QED) is 0.584. The molecule has 0 fully saturated rings. The van der Waals surface area contributed by atoms with Gasteiger partial charge in [0, 0.05) is 5.69 Å². The van der Waals surface area contributed by atoms with E-state index in [1.54, 1.807) is 0 Å². The third-order valence-electron chi connectivity index (χ3n) is 2.12. The number of nitrogen functional groups attached to an aromatic ring is 1. The molecule has 0 unspecified atom stereocenters. The Morgan fingerprint density at radius 2 is 1.94 bits per heavy atom. The Morgan fingerprint density at radius 1 is 1.35 bits per heavy atom. The molecule has 0 aliphatic carbocycles. The number of rotatable bonds is 4. The Bertz CT molecular complexity index is 497. The van der Waals surface area contributed by atoms with E-state index >= 15 is 0 Å². The van der Waals surface area contributed by atoms with E-state index in [1.807, 2.05) is 12.1 Å². The molecule has 0 atom stereocenters. The summed E-state index contributed by atoms with van der Waals surface area (Å²) in [6.45, 7) is -0.144. The highest BCUT2D eigenvalue weighted by Gasteiger charge is 2.15. The van der Waals surface area contributed by atoms with E-state index in [2.05, 4.69) is 0 Å². The van der Waals surface area contributed by atoms with Crippen LogP contribution in [0.3, 0.4) is 0 Å². The summed E-state index contributed by atoms with van der Waals surface area (Å²) in [6.07, 6.45) is 0. The molecule has 6 heteroatoms. The monoisotopic (exact) mass is 230 g/mol. The summed E-state index contributed by atoms with van der Waals surface area (Å²) in [6, 6.07) is 8.02. The lowest BCUT2D eigenvalue weighted by Gasteiger charge is -2.20. The first-order valence-corrected chi connectivity index (χ1v) is 4.71. The number of hydrogen-bond donors (Lipinski definition) is 2. The fourth-order valence-corrected chi connectivity index (χ4v) is 1.39. The van der Waals surface area contributed by atoms with Gasteiger partial charge in [-0.05, 0) is 18.2 Å². The maximum absolute atomic E-state index is 11.0. The van der Waals surface area contributed by atoms with Crippen LogP contribution in [0.5, 0.6) is 0 Å². The number of anilines is 2.